The molecule has 0 saturated carbocycles. The topological polar surface area (TPSA) is 102 Å². The van der Waals surface area contributed by atoms with Gasteiger partial charge in [-0.15, -0.1) is 0 Å². The third-order valence-electron chi connectivity index (χ3n) is 3.55. The van der Waals surface area contributed by atoms with Gasteiger partial charge in [-0.2, -0.15) is 0 Å². The summed E-state index contributed by atoms with van der Waals surface area (Å²) in [6.45, 7) is 3.27. The van der Waals surface area contributed by atoms with Crippen molar-refractivity contribution in [3.05, 3.63) is 33.1 Å². The number of rotatable bonds is 3. The van der Waals surface area contributed by atoms with Gasteiger partial charge < -0.3 is 0 Å². The number of hydrogen-bond acceptors (Lipinski definition) is 5. The molecule has 0 aromatic carbocycles. The summed E-state index contributed by atoms with van der Waals surface area (Å²) >= 11 is 0. The van der Waals surface area contributed by atoms with Gasteiger partial charge in [0.2, 0.25) is 11.8 Å². The summed E-state index contributed by atoms with van der Waals surface area (Å²) in [6, 6.07) is 0. The molecule has 1 fully saturated rings. The maximum absolute atomic E-state index is 11.7. The van der Waals surface area contributed by atoms with Crippen LogP contribution >= 0.6 is 0 Å². The molecule has 1 aliphatic rings. The van der Waals surface area contributed by atoms with Crippen molar-refractivity contribution < 1.29 is 14.5 Å². The SMILES string of the molecule is Cc1cnc(CC2CCC(=O)NC2=O)c(C)c1[N+](=O)[O-]. The fourth-order valence-corrected chi connectivity index (χ4v) is 2.42. The largest absolute Gasteiger partial charge is 0.296 e. The van der Waals surface area contributed by atoms with Gasteiger partial charge in [-0.1, -0.05) is 0 Å². The number of aryl methyl sites for hydroxylation is 1. The zero-order valence-corrected chi connectivity index (χ0v) is 11.3. The smallest absolute Gasteiger partial charge is 0.278 e. The van der Waals surface area contributed by atoms with Gasteiger partial charge in [0.1, 0.15) is 0 Å². The summed E-state index contributed by atoms with van der Waals surface area (Å²) in [7, 11) is 0. The third kappa shape index (κ3) is 2.66. The molecule has 1 aliphatic heterocycles. The number of amides is 2. The second-order valence-electron chi connectivity index (χ2n) is 4.97. The zero-order chi connectivity index (χ0) is 14.9. The molecule has 0 aliphatic carbocycles. The van der Waals surface area contributed by atoms with Crippen molar-refractivity contribution in [3.8, 4) is 0 Å². The van der Waals surface area contributed by atoms with E-state index in [9.17, 15) is 19.7 Å². The molecule has 1 unspecified atom stereocenters. The Morgan fingerprint density at radius 2 is 2.15 bits per heavy atom. The Hall–Kier alpha value is -2.31. The molecule has 1 saturated heterocycles. The number of carbonyl (C=O) groups excluding carboxylic acids is 2. The van der Waals surface area contributed by atoms with Crippen LogP contribution in [0.3, 0.4) is 0 Å². The number of pyridine rings is 1. The van der Waals surface area contributed by atoms with E-state index in [4.69, 9.17) is 0 Å². The molecule has 2 amide bonds. The first-order valence-corrected chi connectivity index (χ1v) is 6.33. The second-order valence-corrected chi connectivity index (χ2v) is 4.97. The molecule has 0 bridgehead atoms. The van der Waals surface area contributed by atoms with Crippen molar-refractivity contribution in [2.24, 2.45) is 5.92 Å². The summed E-state index contributed by atoms with van der Waals surface area (Å²) in [5.74, 6) is -0.960. The van der Waals surface area contributed by atoms with Gasteiger partial charge >= 0.3 is 0 Å². The van der Waals surface area contributed by atoms with E-state index < -0.39 is 4.92 Å². The number of aromatic nitrogens is 1. The molecule has 1 N–H and O–H groups in total. The first kappa shape index (κ1) is 14.1. The average molecular weight is 277 g/mol. The van der Waals surface area contributed by atoms with E-state index in [2.05, 4.69) is 10.3 Å². The molecule has 2 heterocycles. The van der Waals surface area contributed by atoms with E-state index in [0.717, 1.165) is 0 Å². The fourth-order valence-electron chi connectivity index (χ4n) is 2.42. The Morgan fingerprint density at radius 3 is 2.75 bits per heavy atom. The summed E-state index contributed by atoms with van der Waals surface area (Å²) in [5, 5.41) is 13.3. The van der Waals surface area contributed by atoms with Gasteiger partial charge in [-0.05, 0) is 20.3 Å². The minimum absolute atomic E-state index is 0.0438. The van der Waals surface area contributed by atoms with Gasteiger partial charge in [0.25, 0.3) is 5.69 Å². The van der Waals surface area contributed by atoms with Crippen LogP contribution in [0.5, 0.6) is 0 Å². The monoisotopic (exact) mass is 277 g/mol. The molecule has 7 nitrogen and oxygen atoms in total. The quantitative estimate of drug-likeness (QED) is 0.508. The molecular formula is C13H15N3O4. The van der Waals surface area contributed by atoms with E-state index in [1.54, 1.807) is 13.8 Å². The number of nitro groups is 1. The average Bonchev–Trinajstić information content (AvgIpc) is 2.35. The number of imide groups is 1. The van der Waals surface area contributed by atoms with Crippen LogP contribution < -0.4 is 5.32 Å². The number of nitrogens with one attached hydrogen (secondary N) is 1. The van der Waals surface area contributed by atoms with Gasteiger partial charge in [-0.3, -0.25) is 30.0 Å². The number of nitrogens with zero attached hydrogens (tertiary/aromatic N) is 2. The molecule has 7 heteroatoms. The van der Waals surface area contributed by atoms with Crippen LogP contribution in [0.2, 0.25) is 0 Å². The van der Waals surface area contributed by atoms with Crippen LogP contribution in [0.4, 0.5) is 5.69 Å². The highest BCUT2D eigenvalue weighted by atomic mass is 16.6. The van der Waals surface area contributed by atoms with Crippen LogP contribution in [-0.4, -0.2) is 21.7 Å². The van der Waals surface area contributed by atoms with Crippen molar-refractivity contribution in [2.45, 2.75) is 33.1 Å². The summed E-state index contributed by atoms with van der Waals surface area (Å²) in [5.41, 5.74) is 1.57. The number of carbonyl (C=O) groups is 2. The molecular weight excluding hydrogens is 262 g/mol. The predicted octanol–water partition coefficient (Wildman–Crippen LogP) is 1.20. The van der Waals surface area contributed by atoms with Crippen LogP contribution in [0.1, 0.15) is 29.7 Å². The highest BCUT2D eigenvalue weighted by Gasteiger charge is 2.29. The number of piperidine rings is 1. The summed E-state index contributed by atoms with van der Waals surface area (Å²) in [4.78, 5) is 37.6. The Morgan fingerprint density at radius 1 is 1.45 bits per heavy atom. The molecule has 20 heavy (non-hydrogen) atoms. The Balaban J connectivity index is 2.26. The van der Waals surface area contributed by atoms with E-state index in [-0.39, 0.29) is 23.4 Å². The predicted molar refractivity (Wildman–Crippen MR) is 69.9 cm³/mol. The minimum atomic E-state index is -0.430. The molecule has 1 aromatic rings. The van der Waals surface area contributed by atoms with E-state index >= 15 is 0 Å². The van der Waals surface area contributed by atoms with Gasteiger partial charge in [0, 0.05) is 36.1 Å². The lowest BCUT2D eigenvalue weighted by Gasteiger charge is -2.21. The minimum Gasteiger partial charge on any atom is -0.296 e. The van der Waals surface area contributed by atoms with E-state index in [0.29, 0.717) is 36.1 Å². The Kier molecular flexibility index (Phi) is 3.78. The van der Waals surface area contributed by atoms with Gasteiger partial charge in [0.05, 0.1) is 10.6 Å². The zero-order valence-electron chi connectivity index (χ0n) is 11.3. The van der Waals surface area contributed by atoms with E-state index in [1.165, 1.54) is 6.20 Å². The van der Waals surface area contributed by atoms with Crippen LogP contribution in [-0.2, 0) is 16.0 Å². The van der Waals surface area contributed by atoms with E-state index in [1.807, 2.05) is 0 Å². The molecule has 0 spiro atoms. The Labute approximate surface area is 115 Å². The first-order chi connectivity index (χ1) is 9.40. The lowest BCUT2D eigenvalue weighted by molar-refractivity contribution is -0.386. The van der Waals surface area contributed by atoms with Crippen LogP contribution in [0, 0.1) is 29.9 Å². The standard InChI is InChI=1S/C13H15N3O4/c1-7-6-14-10(8(2)12(7)16(19)20)5-9-3-4-11(17)15-13(9)18/h6,9H,3-5H2,1-2H3,(H,15,17,18). The normalized spacial score (nSPS) is 18.8. The molecule has 106 valence electrons. The van der Waals surface area contributed by atoms with Gasteiger partial charge in [-0.25, -0.2) is 0 Å². The lowest BCUT2D eigenvalue weighted by Crippen LogP contribution is -2.41. The molecule has 0 radical (unpaired) electrons. The number of hydrogen-bond donors (Lipinski definition) is 1. The highest BCUT2D eigenvalue weighted by Crippen LogP contribution is 2.27. The lowest BCUT2D eigenvalue weighted by atomic mass is 9.91. The first-order valence-electron chi connectivity index (χ1n) is 6.33. The Bertz CT molecular complexity index is 598. The van der Waals surface area contributed by atoms with Gasteiger partial charge in [0.15, 0.2) is 0 Å². The van der Waals surface area contributed by atoms with Crippen LogP contribution in [0.15, 0.2) is 6.20 Å². The molecule has 2 rings (SSSR count). The second kappa shape index (κ2) is 5.36. The van der Waals surface area contributed by atoms with Crippen molar-refractivity contribution in [3.63, 3.8) is 0 Å². The van der Waals surface area contributed by atoms with Crippen molar-refractivity contribution >= 4 is 17.5 Å². The van der Waals surface area contributed by atoms with Crippen molar-refractivity contribution in [1.29, 1.82) is 0 Å². The summed E-state index contributed by atoms with van der Waals surface area (Å²) in [6.07, 6.45) is 2.51. The maximum atomic E-state index is 11.7. The van der Waals surface area contributed by atoms with Crippen molar-refractivity contribution in [2.75, 3.05) is 0 Å². The van der Waals surface area contributed by atoms with Crippen LogP contribution in [0.25, 0.3) is 0 Å². The fraction of sp³-hybridized carbons (Fsp3) is 0.462. The summed E-state index contributed by atoms with van der Waals surface area (Å²) < 4.78 is 0. The maximum Gasteiger partial charge on any atom is 0.278 e. The highest BCUT2D eigenvalue weighted by molar-refractivity contribution is 5.98. The molecule has 1 aromatic heterocycles. The van der Waals surface area contributed by atoms with Crippen molar-refractivity contribution in [1.82, 2.24) is 10.3 Å². The molecule has 1 atom stereocenters. The third-order valence-corrected chi connectivity index (χ3v) is 3.55.